The van der Waals surface area contributed by atoms with Crippen LogP contribution in [0.2, 0.25) is 0 Å². The lowest BCUT2D eigenvalue weighted by Gasteiger charge is -2.01. The molecule has 30 heavy (non-hydrogen) atoms. The molecule has 4 rings (SSSR count). The Morgan fingerprint density at radius 1 is 0.933 bits per heavy atom. The molecule has 0 bridgehead atoms. The van der Waals surface area contributed by atoms with E-state index in [4.69, 9.17) is 9.84 Å². The second kappa shape index (κ2) is 8.62. The minimum absolute atomic E-state index is 0.0695. The standard InChI is InChI=1S/C26H22N2O2/c1-19-8-10-21(11-9-19)26-22(18-28(27-26)23-6-4-3-5-7-23)14-17-25(29)20-12-15-24(30-2)16-13-20/h3-18H,1-2H3/b17-14+. The molecule has 1 aromatic heterocycles. The molecule has 4 heteroatoms. The van der Waals surface area contributed by atoms with Crippen molar-refractivity contribution < 1.29 is 9.53 Å². The highest BCUT2D eigenvalue weighted by molar-refractivity contribution is 6.07. The summed E-state index contributed by atoms with van der Waals surface area (Å²) in [5, 5.41) is 4.79. The molecule has 4 nitrogen and oxygen atoms in total. The molecule has 148 valence electrons. The first-order valence-electron chi connectivity index (χ1n) is 9.72. The van der Waals surface area contributed by atoms with E-state index in [1.165, 1.54) is 5.56 Å². The van der Waals surface area contributed by atoms with Gasteiger partial charge in [-0.2, -0.15) is 5.10 Å². The molecule has 0 atom stereocenters. The van der Waals surface area contributed by atoms with E-state index >= 15 is 0 Å². The summed E-state index contributed by atoms with van der Waals surface area (Å²) in [4.78, 5) is 12.6. The van der Waals surface area contributed by atoms with Crippen LogP contribution in [0.1, 0.15) is 21.5 Å². The van der Waals surface area contributed by atoms with Crippen molar-refractivity contribution in [3.05, 3.63) is 108 Å². The van der Waals surface area contributed by atoms with Gasteiger partial charge in [0.25, 0.3) is 0 Å². The Morgan fingerprint density at radius 2 is 1.63 bits per heavy atom. The molecule has 0 aliphatic rings. The molecule has 0 N–H and O–H groups in total. The number of hydrogen-bond donors (Lipinski definition) is 0. The number of aromatic nitrogens is 2. The third-order valence-corrected chi connectivity index (χ3v) is 4.88. The van der Waals surface area contributed by atoms with Crippen LogP contribution in [0.5, 0.6) is 5.75 Å². The zero-order valence-electron chi connectivity index (χ0n) is 16.9. The summed E-state index contributed by atoms with van der Waals surface area (Å²) in [6.07, 6.45) is 5.36. The van der Waals surface area contributed by atoms with Gasteiger partial charge in [0.1, 0.15) is 5.75 Å². The molecule has 1 heterocycles. The van der Waals surface area contributed by atoms with Crippen LogP contribution in [0.3, 0.4) is 0 Å². The van der Waals surface area contributed by atoms with E-state index in [0.717, 1.165) is 28.3 Å². The number of rotatable bonds is 6. The van der Waals surface area contributed by atoms with Gasteiger partial charge in [0.05, 0.1) is 18.5 Å². The Hall–Kier alpha value is -3.92. The number of ether oxygens (including phenoxy) is 1. The third-order valence-electron chi connectivity index (χ3n) is 4.88. The molecule has 0 spiro atoms. The Balaban J connectivity index is 1.69. The number of para-hydroxylation sites is 1. The first-order chi connectivity index (χ1) is 14.6. The molecular formula is C26H22N2O2. The number of methoxy groups -OCH3 is 1. The quantitative estimate of drug-likeness (QED) is 0.309. The van der Waals surface area contributed by atoms with Gasteiger partial charge in [-0.05, 0) is 55.5 Å². The van der Waals surface area contributed by atoms with Crippen molar-refractivity contribution in [3.8, 4) is 22.7 Å². The van der Waals surface area contributed by atoms with E-state index < -0.39 is 0 Å². The summed E-state index contributed by atoms with van der Waals surface area (Å²) < 4.78 is 7.00. The van der Waals surface area contributed by atoms with E-state index in [9.17, 15) is 4.79 Å². The smallest absolute Gasteiger partial charge is 0.185 e. The number of benzene rings is 3. The number of nitrogens with zero attached hydrogens (tertiary/aromatic N) is 2. The van der Waals surface area contributed by atoms with Crippen LogP contribution >= 0.6 is 0 Å². The molecule has 4 aromatic rings. The number of carbonyl (C=O) groups excluding carboxylic acids is 1. The Kier molecular flexibility index (Phi) is 5.57. The van der Waals surface area contributed by atoms with Crippen molar-refractivity contribution in [1.82, 2.24) is 9.78 Å². The number of aryl methyl sites for hydroxylation is 1. The molecule has 0 aliphatic heterocycles. The van der Waals surface area contributed by atoms with Crippen LogP contribution in [-0.2, 0) is 0 Å². The summed E-state index contributed by atoms with van der Waals surface area (Å²) in [7, 11) is 1.60. The van der Waals surface area contributed by atoms with Crippen molar-refractivity contribution in [2.75, 3.05) is 7.11 Å². The monoisotopic (exact) mass is 394 g/mol. The average molecular weight is 394 g/mol. The second-order valence-electron chi connectivity index (χ2n) is 7.01. The van der Waals surface area contributed by atoms with Crippen LogP contribution in [0.15, 0.2) is 91.1 Å². The number of hydrogen-bond acceptors (Lipinski definition) is 3. The molecule has 0 fully saturated rings. The fourth-order valence-corrected chi connectivity index (χ4v) is 3.17. The van der Waals surface area contributed by atoms with Crippen molar-refractivity contribution in [2.24, 2.45) is 0 Å². The molecule has 3 aromatic carbocycles. The lowest BCUT2D eigenvalue weighted by Crippen LogP contribution is -1.94. The van der Waals surface area contributed by atoms with Crippen LogP contribution in [-0.4, -0.2) is 22.7 Å². The summed E-state index contributed by atoms with van der Waals surface area (Å²) in [5.41, 5.74) is 5.48. The summed E-state index contributed by atoms with van der Waals surface area (Å²) in [6.45, 7) is 2.06. The van der Waals surface area contributed by atoms with Gasteiger partial charge in [-0.25, -0.2) is 4.68 Å². The molecule has 0 unspecified atom stereocenters. The molecule has 0 saturated carbocycles. The Labute approximate surface area is 176 Å². The van der Waals surface area contributed by atoms with E-state index in [0.29, 0.717) is 5.56 Å². The minimum atomic E-state index is -0.0695. The van der Waals surface area contributed by atoms with Gasteiger partial charge in [-0.15, -0.1) is 0 Å². The molecule has 0 radical (unpaired) electrons. The van der Waals surface area contributed by atoms with Gasteiger partial charge in [-0.1, -0.05) is 48.0 Å². The van der Waals surface area contributed by atoms with Crippen molar-refractivity contribution in [1.29, 1.82) is 0 Å². The minimum Gasteiger partial charge on any atom is -0.497 e. The lowest BCUT2D eigenvalue weighted by molar-refractivity contribution is 0.104. The number of allylic oxidation sites excluding steroid dienone is 1. The van der Waals surface area contributed by atoms with Gasteiger partial charge in [-0.3, -0.25) is 4.79 Å². The van der Waals surface area contributed by atoms with Gasteiger partial charge in [0.15, 0.2) is 5.78 Å². The predicted molar refractivity (Wildman–Crippen MR) is 120 cm³/mol. The van der Waals surface area contributed by atoms with Gasteiger partial charge in [0, 0.05) is 22.9 Å². The highest BCUT2D eigenvalue weighted by atomic mass is 16.5. The maximum Gasteiger partial charge on any atom is 0.185 e. The fourth-order valence-electron chi connectivity index (χ4n) is 3.17. The van der Waals surface area contributed by atoms with Gasteiger partial charge < -0.3 is 4.74 Å². The maximum absolute atomic E-state index is 12.6. The zero-order chi connectivity index (χ0) is 20.9. The number of carbonyl (C=O) groups is 1. The highest BCUT2D eigenvalue weighted by Gasteiger charge is 2.11. The zero-order valence-corrected chi connectivity index (χ0v) is 16.9. The average Bonchev–Trinajstić information content (AvgIpc) is 3.23. The first kappa shape index (κ1) is 19.4. The first-order valence-corrected chi connectivity index (χ1v) is 9.72. The van der Waals surface area contributed by atoms with Gasteiger partial charge >= 0.3 is 0 Å². The number of ketones is 1. The van der Waals surface area contributed by atoms with E-state index in [1.807, 2.05) is 47.3 Å². The largest absolute Gasteiger partial charge is 0.497 e. The molecule has 0 saturated heterocycles. The lowest BCUT2D eigenvalue weighted by atomic mass is 10.0. The van der Waals surface area contributed by atoms with Crippen LogP contribution in [0.25, 0.3) is 23.0 Å². The Bertz CT molecular complexity index is 1170. The second-order valence-corrected chi connectivity index (χ2v) is 7.01. The van der Waals surface area contributed by atoms with Crippen molar-refractivity contribution in [3.63, 3.8) is 0 Å². The molecular weight excluding hydrogens is 372 g/mol. The van der Waals surface area contributed by atoms with E-state index in [1.54, 1.807) is 37.5 Å². The van der Waals surface area contributed by atoms with Crippen molar-refractivity contribution >= 4 is 11.9 Å². The van der Waals surface area contributed by atoms with Crippen LogP contribution in [0, 0.1) is 6.92 Å². The maximum atomic E-state index is 12.6. The SMILES string of the molecule is COc1ccc(C(=O)/C=C/c2cn(-c3ccccc3)nc2-c2ccc(C)cc2)cc1. The van der Waals surface area contributed by atoms with Crippen LogP contribution in [0.4, 0.5) is 0 Å². The van der Waals surface area contributed by atoms with Crippen molar-refractivity contribution in [2.45, 2.75) is 6.92 Å². The van der Waals surface area contributed by atoms with Gasteiger partial charge in [0.2, 0.25) is 0 Å². The summed E-state index contributed by atoms with van der Waals surface area (Å²) in [6, 6.07) is 25.3. The highest BCUT2D eigenvalue weighted by Crippen LogP contribution is 2.25. The summed E-state index contributed by atoms with van der Waals surface area (Å²) >= 11 is 0. The Morgan fingerprint density at radius 3 is 2.30 bits per heavy atom. The topological polar surface area (TPSA) is 44.1 Å². The fraction of sp³-hybridized carbons (Fsp3) is 0.0769. The summed E-state index contributed by atoms with van der Waals surface area (Å²) in [5.74, 6) is 0.654. The third kappa shape index (κ3) is 4.23. The van der Waals surface area contributed by atoms with E-state index in [-0.39, 0.29) is 5.78 Å². The van der Waals surface area contributed by atoms with Crippen LogP contribution < -0.4 is 4.74 Å². The van der Waals surface area contributed by atoms with E-state index in [2.05, 4.69) is 31.2 Å². The normalized spacial score (nSPS) is 11.0. The predicted octanol–water partition coefficient (Wildman–Crippen LogP) is 5.75. The molecule has 0 aliphatic carbocycles. The molecule has 0 amide bonds.